The molecule has 4 heteroatoms. The van der Waals surface area contributed by atoms with Gasteiger partial charge in [0.1, 0.15) is 0 Å². The Morgan fingerprint density at radius 3 is 3.00 bits per heavy atom. The Morgan fingerprint density at radius 1 is 1.53 bits per heavy atom. The lowest BCUT2D eigenvalue weighted by Gasteiger charge is -2.08. The number of ether oxygens (including phenoxy) is 1. The van der Waals surface area contributed by atoms with Crippen LogP contribution in [0.4, 0.5) is 5.13 Å². The fourth-order valence-electron chi connectivity index (χ4n) is 1.03. The van der Waals surface area contributed by atoms with E-state index in [1.54, 1.807) is 11.3 Å². The number of hydrogen-bond donors (Lipinski definition) is 1. The lowest BCUT2D eigenvalue weighted by molar-refractivity contribution is 0.0524. The first-order chi connectivity index (χ1) is 7.26. The Morgan fingerprint density at radius 2 is 2.33 bits per heavy atom. The zero-order valence-corrected chi connectivity index (χ0v) is 10.6. The molecule has 0 radical (unpaired) electrons. The molecule has 1 N–H and O–H groups in total. The van der Waals surface area contributed by atoms with Crippen molar-refractivity contribution in [3.05, 3.63) is 11.1 Å². The number of thiazole rings is 1. The monoisotopic (exact) mass is 228 g/mol. The van der Waals surface area contributed by atoms with Gasteiger partial charge in [0.05, 0.1) is 17.6 Å². The summed E-state index contributed by atoms with van der Waals surface area (Å²) >= 11 is 1.68. The highest BCUT2D eigenvalue weighted by atomic mass is 32.1. The summed E-state index contributed by atoms with van der Waals surface area (Å²) in [6.45, 7) is 8.04. The van der Waals surface area contributed by atoms with Gasteiger partial charge in [0.2, 0.25) is 0 Å². The third-order valence-corrected chi connectivity index (χ3v) is 3.09. The Hall–Kier alpha value is -0.610. The van der Waals surface area contributed by atoms with Crippen molar-refractivity contribution >= 4 is 16.5 Å². The summed E-state index contributed by atoms with van der Waals surface area (Å²) in [6.07, 6.45) is 4.41. The van der Waals surface area contributed by atoms with Crippen molar-refractivity contribution in [1.29, 1.82) is 0 Å². The van der Waals surface area contributed by atoms with Crippen LogP contribution in [0.15, 0.2) is 6.20 Å². The van der Waals surface area contributed by atoms with Crippen LogP contribution in [0, 0.1) is 0 Å². The molecule has 1 rings (SSSR count). The lowest BCUT2D eigenvalue weighted by Crippen LogP contribution is -2.05. The number of anilines is 1. The van der Waals surface area contributed by atoms with Gasteiger partial charge in [-0.05, 0) is 19.8 Å². The first kappa shape index (κ1) is 12.5. The minimum Gasteiger partial charge on any atom is -0.373 e. The summed E-state index contributed by atoms with van der Waals surface area (Å²) in [5.74, 6) is 0. The van der Waals surface area contributed by atoms with Gasteiger partial charge in [-0.15, -0.1) is 0 Å². The number of nitrogens with zero attached hydrogens (tertiary/aromatic N) is 1. The van der Waals surface area contributed by atoms with Gasteiger partial charge in [-0.25, -0.2) is 4.98 Å². The summed E-state index contributed by atoms with van der Waals surface area (Å²) in [6, 6.07) is 0. The van der Waals surface area contributed by atoms with Crippen LogP contribution in [0.2, 0.25) is 0 Å². The van der Waals surface area contributed by atoms with E-state index in [2.05, 4.69) is 31.1 Å². The molecule has 3 nitrogen and oxygen atoms in total. The van der Waals surface area contributed by atoms with Crippen LogP contribution in [0.5, 0.6) is 0 Å². The van der Waals surface area contributed by atoms with Crippen LogP contribution in [0.3, 0.4) is 0 Å². The molecule has 0 spiro atoms. The molecule has 0 amide bonds. The molecule has 15 heavy (non-hydrogen) atoms. The molecule has 1 heterocycles. The van der Waals surface area contributed by atoms with Gasteiger partial charge in [-0.2, -0.15) is 0 Å². The molecule has 1 atom stereocenters. The van der Waals surface area contributed by atoms with Crippen molar-refractivity contribution in [2.24, 2.45) is 0 Å². The van der Waals surface area contributed by atoms with Crippen molar-refractivity contribution < 1.29 is 4.74 Å². The van der Waals surface area contributed by atoms with Gasteiger partial charge in [-0.1, -0.05) is 25.2 Å². The maximum Gasteiger partial charge on any atom is 0.182 e. The van der Waals surface area contributed by atoms with Gasteiger partial charge < -0.3 is 10.1 Å². The molecule has 0 aliphatic rings. The fourth-order valence-corrected chi connectivity index (χ4v) is 1.79. The average Bonchev–Trinajstić information content (AvgIpc) is 2.71. The highest BCUT2D eigenvalue weighted by molar-refractivity contribution is 7.15. The fraction of sp³-hybridized carbons (Fsp3) is 0.727. The van der Waals surface area contributed by atoms with Crippen LogP contribution >= 0.6 is 11.3 Å². The first-order valence-electron chi connectivity index (χ1n) is 5.56. The second-order valence-corrected chi connectivity index (χ2v) is 4.70. The van der Waals surface area contributed by atoms with Gasteiger partial charge >= 0.3 is 0 Å². The van der Waals surface area contributed by atoms with Gasteiger partial charge in [-0.3, -0.25) is 0 Å². The molecular weight excluding hydrogens is 208 g/mol. The third kappa shape index (κ3) is 4.62. The second kappa shape index (κ2) is 6.80. The Bertz CT molecular complexity index is 275. The third-order valence-electron chi connectivity index (χ3n) is 2.16. The summed E-state index contributed by atoms with van der Waals surface area (Å²) < 4.78 is 5.64. The minimum atomic E-state index is 0.333. The molecule has 0 fully saturated rings. The van der Waals surface area contributed by atoms with E-state index in [1.165, 1.54) is 4.88 Å². The average molecular weight is 228 g/mol. The molecule has 1 unspecified atom stereocenters. The Labute approximate surface area is 95.9 Å². The van der Waals surface area contributed by atoms with Crippen molar-refractivity contribution in [2.75, 3.05) is 11.9 Å². The van der Waals surface area contributed by atoms with Crippen LogP contribution in [-0.2, 0) is 11.3 Å². The maximum atomic E-state index is 5.64. The number of nitrogens with one attached hydrogen (secondary N) is 1. The summed E-state index contributed by atoms with van der Waals surface area (Å²) in [5, 5.41) is 4.27. The Kier molecular flexibility index (Phi) is 5.65. The van der Waals surface area contributed by atoms with Crippen molar-refractivity contribution in [3.8, 4) is 0 Å². The maximum absolute atomic E-state index is 5.64. The van der Waals surface area contributed by atoms with E-state index in [0.29, 0.717) is 12.7 Å². The lowest BCUT2D eigenvalue weighted by atomic mass is 10.3. The first-order valence-corrected chi connectivity index (χ1v) is 6.38. The summed E-state index contributed by atoms with van der Waals surface area (Å²) in [5.41, 5.74) is 0. The molecule has 86 valence electrons. The van der Waals surface area contributed by atoms with E-state index in [0.717, 1.165) is 24.5 Å². The normalized spacial score (nSPS) is 12.7. The molecule has 0 aliphatic heterocycles. The zero-order valence-electron chi connectivity index (χ0n) is 9.75. The van der Waals surface area contributed by atoms with Gasteiger partial charge in [0.15, 0.2) is 5.13 Å². The van der Waals surface area contributed by atoms with E-state index >= 15 is 0 Å². The van der Waals surface area contributed by atoms with Crippen LogP contribution in [-0.4, -0.2) is 17.6 Å². The molecule has 1 aromatic heterocycles. The Balaban J connectivity index is 2.32. The number of hydrogen-bond acceptors (Lipinski definition) is 4. The predicted octanol–water partition coefficient (Wildman–Crippen LogP) is 3.28. The van der Waals surface area contributed by atoms with Crippen LogP contribution in [0.1, 0.15) is 38.5 Å². The van der Waals surface area contributed by atoms with E-state index in [1.807, 2.05) is 6.20 Å². The smallest absolute Gasteiger partial charge is 0.182 e. The molecule has 0 saturated carbocycles. The van der Waals surface area contributed by atoms with Crippen LogP contribution < -0.4 is 5.32 Å². The summed E-state index contributed by atoms with van der Waals surface area (Å²) in [7, 11) is 0. The predicted molar refractivity (Wildman–Crippen MR) is 65.4 cm³/mol. The van der Waals surface area contributed by atoms with E-state index in [9.17, 15) is 0 Å². The highest BCUT2D eigenvalue weighted by Gasteiger charge is 2.03. The minimum absolute atomic E-state index is 0.333. The standard InChI is InChI=1S/C11H20N2OS/c1-4-6-12-11-13-7-10(15-11)8-14-9(3)5-2/h7,9H,4-6,8H2,1-3H3,(H,12,13). The summed E-state index contributed by atoms with van der Waals surface area (Å²) in [4.78, 5) is 5.47. The topological polar surface area (TPSA) is 34.2 Å². The zero-order chi connectivity index (χ0) is 11.1. The van der Waals surface area contributed by atoms with E-state index < -0.39 is 0 Å². The van der Waals surface area contributed by atoms with Gasteiger partial charge in [0, 0.05) is 12.7 Å². The second-order valence-electron chi connectivity index (χ2n) is 3.59. The SMILES string of the molecule is CCCNc1ncc(COC(C)CC)s1. The molecule has 1 aromatic rings. The molecule has 0 bridgehead atoms. The van der Waals surface area contributed by atoms with Crippen molar-refractivity contribution in [2.45, 2.75) is 46.3 Å². The number of rotatable bonds is 7. The van der Waals surface area contributed by atoms with Gasteiger partial charge in [0.25, 0.3) is 0 Å². The van der Waals surface area contributed by atoms with Crippen molar-refractivity contribution in [3.63, 3.8) is 0 Å². The quantitative estimate of drug-likeness (QED) is 0.777. The largest absolute Gasteiger partial charge is 0.373 e. The van der Waals surface area contributed by atoms with Crippen LogP contribution in [0.25, 0.3) is 0 Å². The van der Waals surface area contributed by atoms with E-state index in [4.69, 9.17) is 4.74 Å². The number of aromatic nitrogens is 1. The highest BCUT2D eigenvalue weighted by Crippen LogP contribution is 2.19. The molecular formula is C11H20N2OS. The molecule has 0 saturated heterocycles. The molecule has 0 aromatic carbocycles. The molecule has 0 aliphatic carbocycles. The van der Waals surface area contributed by atoms with E-state index in [-0.39, 0.29) is 0 Å². The van der Waals surface area contributed by atoms with Crippen molar-refractivity contribution in [1.82, 2.24) is 4.98 Å².